The minimum atomic E-state index is -0.312. The van der Waals surface area contributed by atoms with E-state index in [1.54, 1.807) is 42.5 Å². The van der Waals surface area contributed by atoms with Gasteiger partial charge in [-0.2, -0.15) is 9.50 Å². The Morgan fingerprint density at radius 1 is 1.06 bits per heavy atom. The van der Waals surface area contributed by atoms with Crippen LogP contribution in [0.1, 0.15) is 17.1 Å². The third-order valence-corrected chi connectivity index (χ3v) is 5.86. The summed E-state index contributed by atoms with van der Waals surface area (Å²) in [6, 6.07) is 17.1. The molecule has 0 unspecified atom stereocenters. The molecule has 0 aliphatic carbocycles. The van der Waals surface area contributed by atoms with Gasteiger partial charge in [-0.25, -0.2) is 4.39 Å². The fraction of sp³-hybridized carbons (Fsp3) is 0.0385. The lowest BCUT2D eigenvalue weighted by atomic mass is 10.2. The van der Waals surface area contributed by atoms with Crippen LogP contribution in [0.5, 0.6) is 5.75 Å². The highest BCUT2D eigenvalue weighted by molar-refractivity contribution is 7.15. The van der Waals surface area contributed by atoms with Gasteiger partial charge in [0.1, 0.15) is 34.2 Å². The molecule has 0 atom stereocenters. The molecule has 0 bridgehead atoms. The van der Waals surface area contributed by atoms with E-state index in [2.05, 4.69) is 16.7 Å². The number of furan rings is 1. The quantitative estimate of drug-likeness (QED) is 0.318. The van der Waals surface area contributed by atoms with Gasteiger partial charge in [-0.15, -0.1) is 5.10 Å². The van der Waals surface area contributed by atoms with Crippen LogP contribution in [-0.4, -0.2) is 21.2 Å². The Bertz CT molecular complexity index is 1600. The highest BCUT2D eigenvalue weighted by Crippen LogP contribution is 2.22. The van der Waals surface area contributed by atoms with Crippen LogP contribution in [0.3, 0.4) is 0 Å². The van der Waals surface area contributed by atoms with Crippen molar-refractivity contribution < 1.29 is 13.5 Å². The Kier molecular flexibility index (Phi) is 5.88. The van der Waals surface area contributed by atoms with Gasteiger partial charge in [0.05, 0.1) is 0 Å². The van der Waals surface area contributed by atoms with Crippen LogP contribution in [0.4, 0.5) is 4.39 Å². The molecule has 0 aliphatic heterocycles. The van der Waals surface area contributed by atoms with Gasteiger partial charge in [0.15, 0.2) is 5.82 Å². The van der Waals surface area contributed by atoms with Crippen molar-refractivity contribution in [2.45, 2.75) is 0 Å². The van der Waals surface area contributed by atoms with E-state index >= 15 is 0 Å². The molecule has 34 heavy (non-hydrogen) atoms. The molecule has 6 nitrogen and oxygen atoms in total. The zero-order valence-corrected chi connectivity index (χ0v) is 18.7. The largest absolute Gasteiger partial charge is 0.490 e. The summed E-state index contributed by atoms with van der Waals surface area (Å²) in [5, 5.41) is 4.30. The Morgan fingerprint density at radius 2 is 1.85 bits per heavy atom. The summed E-state index contributed by atoms with van der Waals surface area (Å²) >= 11 is 1.23. The molecule has 0 saturated heterocycles. The molecule has 0 fully saturated rings. The molecular weight excluding hydrogens is 453 g/mol. The normalized spacial score (nSPS) is 12.1. The summed E-state index contributed by atoms with van der Waals surface area (Å²) in [6.07, 6.45) is 6.97. The second kappa shape index (κ2) is 9.29. The number of rotatable bonds is 7. The first-order valence-electron chi connectivity index (χ1n) is 10.4. The van der Waals surface area contributed by atoms with E-state index in [1.165, 1.54) is 28.0 Å². The van der Waals surface area contributed by atoms with Gasteiger partial charge in [0.2, 0.25) is 4.96 Å². The second-order valence-electron chi connectivity index (χ2n) is 7.29. The average molecular weight is 472 g/mol. The predicted molar refractivity (Wildman–Crippen MR) is 131 cm³/mol. The number of hydrogen-bond acceptors (Lipinski definition) is 6. The number of ether oxygens (including phenoxy) is 1. The Balaban J connectivity index is 1.35. The van der Waals surface area contributed by atoms with Gasteiger partial charge in [-0.3, -0.25) is 4.79 Å². The van der Waals surface area contributed by atoms with E-state index in [0.29, 0.717) is 33.4 Å². The molecule has 0 N–H and O–H groups in total. The summed E-state index contributed by atoms with van der Waals surface area (Å²) in [5.41, 5.74) is 1.44. The number of nitrogens with zero attached hydrogens (tertiary/aromatic N) is 3. The van der Waals surface area contributed by atoms with Crippen LogP contribution in [0.2, 0.25) is 0 Å². The van der Waals surface area contributed by atoms with Crippen LogP contribution in [0.15, 0.2) is 82.5 Å². The fourth-order valence-electron chi connectivity index (χ4n) is 3.25. The van der Waals surface area contributed by atoms with Crippen molar-refractivity contribution in [2.75, 3.05) is 6.61 Å². The van der Waals surface area contributed by atoms with E-state index < -0.39 is 0 Å². The highest BCUT2D eigenvalue weighted by atomic mass is 32.1. The summed E-state index contributed by atoms with van der Waals surface area (Å²) in [4.78, 5) is 17.7. The minimum Gasteiger partial charge on any atom is -0.490 e. The lowest BCUT2D eigenvalue weighted by molar-refractivity contribution is 0.363. The molecule has 5 aromatic rings. The monoisotopic (exact) mass is 471 g/mol. The molecule has 168 valence electrons. The number of benzene rings is 2. The zero-order chi connectivity index (χ0) is 23.5. The first-order chi connectivity index (χ1) is 16.6. The minimum absolute atomic E-state index is 0.268. The molecule has 0 amide bonds. The molecule has 8 heteroatoms. The fourth-order valence-corrected chi connectivity index (χ4v) is 4.14. The number of halogens is 1. The third-order valence-electron chi connectivity index (χ3n) is 4.90. The summed E-state index contributed by atoms with van der Waals surface area (Å²) < 4.78 is 26.1. The van der Waals surface area contributed by atoms with E-state index in [-0.39, 0.29) is 11.4 Å². The highest BCUT2D eigenvalue weighted by Gasteiger charge is 2.10. The van der Waals surface area contributed by atoms with Crippen molar-refractivity contribution in [1.82, 2.24) is 14.6 Å². The van der Waals surface area contributed by atoms with Gasteiger partial charge in [0, 0.05) is 11.6 Å². The van der Waals surface area contributed by atoms with Gasteiger partial charge in [-0.1, -0.05) is 42.2 Å². The maximum atomic E-state index is 13.1. The zero-order valence-electron chi connectivity index (χ0n) is 17.8. The average Bonchev–Trinajstić information content (AvgIpc) is 3.55. The number of hydrogen-bond donors (Lipinski definition) is 0. The summed E-state index contributed by atoms with van der Waals surface area (Å²) in [5.74, 6) is 2.00. The number of thiazole rings is 1. The van der Waals surface area contributed by atoms with E-state index in [9.17, 15) is 9.18 Å². The van der Waals surface area contributed by atoms with Crippen LogP contribution in [0.25, 0.3) is 34.5 Å². The Hall–Kier alpha value is -4.30. The smallest absolute Gasteiger partial charge is 0.291 e. The molecule has 0 saturated carbocycles. The summed E-state index contributed by atoms with van der Waals surface area (Å²) in [6.45, 7) is 4.08. The lowest BCUT2D eigenvalue weighted by Gasteiger charge is -2.02. The topological polar surface area (TPSA) is 69.6 Å². The lowest BCUT2D eigenvalue weighted by Crippen LogP contribution is -2.23. The molecule has 2 aromatic carbocycles. The van der Waals surface area contributed by atoms with Crippen LogP contribution >= 0.6 is 11.3 Å². The number of aromatic nitrogens is 3. The van der Waals surface area contributed by atoms with E-state index in [4.69, 9.17) is 9.15 Å². The molecular formula is C26H18FN3O3S. The van der Waals surface area contributed by atoms with Crippen molar-refractivity contribution in [3.63, 3.8) is 0 Å². The van der Waals surface area contributed by atoms with Crippen molar-refractivity contribution in [2.24, 2.45) is 0 Å². The first-order valence-corrected chi connectivity index (χ1v) is 11.2. The maximum absolute atomic E-state index is 13.1. The number of fused-ring (bicyclic) bond motifs is 1. The Labute approximate surface area is 197 Å². The van der Waals surface area contributed by atoms with E-state index in [0.717, 1.165) is 16.9 Å². The van der Waals surface area contributed by atoms with Crippen molar-refractivity contribution in [1.29, 1.82) is 0 Å². The molecule has 0 radical (unpaired) electrons. The SMILES string of the molecule is C=CCOc1ccc(/C=C/c2nc3s/c(=C\c4ccc(-c5ccc(F)cc5)o4)c(=O)n3n2)cc1. The molecule has 0 aliphatic rings. The second-order valence-corrected chi connectivity index (χ2v) is 8.30. The van der Waals surface area contributed by atoms with Gasteiger partial charge in [0.25, 0.3) is 5.56 Å². The Morgan fingerprint density at radius 3 is 2.59 bits per heavy atom. The van der Waals surface area contributed by atoms with Gasteiger partial charge < -0.3 is 9.15 Å². The van der Waals surface area contributed by atoms with Crippen LogP contribution in [0, 0.1) is 5.82 Å². The van der Waals surface area contributed by atoms with Crippen LogP contribution < -0.4 is 14.8 Å². The predicted octanol–water partition coefficient (Wildman–Crippen LogP) is 4.83. The molecule has 0 spiro atoms. The molecule has 5 rings (SSSR count). The summed E-state index contributed by atoms with van der Waals surface area (Å²) in [7, 11) is 0. The van der Waals surface area contributed by atoms with Gasteiger partial charge in [-0.05, 0) is 60.2 Å². The van der Waals surface area contributed by atoms with Crippen molar-refractivity contribution in [3.8, 4) is 17.1 Å². The first kappa shape index (κ1) is 21.5. The van der Waals surface area contributed by atoms with Crippen molar-refractivity contribution >= 4 is 34.5 Å². The molecule has 3 heterocycles. The van der Waals surface area contributed by atoms with Crippen LogP contribution in [-0.2, 0) is 0 Å². The van der Waals surface area contributed by atoms with Gasteiger partial charge >= 0.3 is 0 Å². The van der Waals surface area contributed by atoms with E-state index in [1.807, 2.05) is 30.3 Å². The molecule has 3 aromatic heterocycles. The standard InChI is InChI=1S/C26H18FN3O3S/c1-2-15-32-20-10-3-17(4-11-20)5-14-24-28-26-30(29-24)25(31)23(34-26)16-21-12-13-22(33-21)18-6-8-19(27)9-7-18/h2-14,16H,1,15H2/b14-5+,23-16-. The maximum Gasteiger partial charge on any atom is 0.291 e. The third kappa shape index (κ3) is 4.57. The van der Waals surface area contributed by atoms with Crippen molar-refractivity contribution in [3.05, 3.63) is 111 Å².